The van der Waals surface area contributed by atoms with E-state index in [4.69, 9.17) is 14.6 Å². The van der Waals surface area contributed by atoms with Gasteiger partial charge in [-0.15, -0.1) is 0 Å². The first-order valence-corrected chi connectivity index (χ1v) is 6.54. The van der Waals surface area contributed by atoms with Gasteiger partial charge in [0.05, 0.1) is 13.7 Å². The fourth-order valence-electron chi connectivity index (χ4n) is 2.11. The Hall–Kier alpha value is -1.51. The molecule has 1 heterocycles. The van der Waals surface area contributed by atoms with Gasteiger partial charge in [0.1, 0.15) is 30.1 Å². The maximum Gasteiger partial charge on any atom is 0.180 e. The zero-order chi connectivity index (χ0) is 15.4. The van der Waals surface area contributed by atoms with Crippen molar-refractivity contribution in [1.82, 2.24) is 0 Å². The van der Waals surface area contributed by atoms with Crippen LogP contribution in [0.25, 0.3) is 0 Å². The van der Waals surface area contributed by atoms with Gasteiger partial charge in [-0.05, 0) is 29.8 Å². The van der Waals surface area contributed by atoms with E-state index in [-0.39, 0.29) is 0 Å². The van der Waals surface area contributed by atoms with Crippen LogP contribution in [0.2, 0.25) is 0 Å². The largest absolute Gasteiger partial charge is 0.497 e. The molecule has 1 aromatic carbocycles. The van der Waals surface area contributed by atoms with Crippen molar-refractivity contribution in [3.63, 3.8) is 0 Å². The van der Waals surface area contributed by atoms with Gasteiger partial charge in [-0.2, -0.15) is 0 Å². The van der Waals surface area contributed by atoms with E-state index in [1.807, 2.05) is 0 Å². The summed E-state index contributed by atoms with van der Waals surface area (Å²) < 4.78 is 10.1. The molecule has 2 rings (SSSR count). The summed E-state index contributed by atoms with van der Waals surface area (Å²) in [7, 11) is 1.56. The first-order chi connectivity index (χ1) is 10.1. The summed E-state index contributed by atoms with van der Waals surface area (Å²) in [5.74, 6) is 0.703. The minimum atomic E-state index is -1.39. The molecule has 116 valence electrons. The molecule has 0 bridgehead atoms. The number of hydrogen-bond donors (Lipinski definition) is 4. The van der Waals surface area contributed by atoms with Gasteiger partial charge >= 0.3 is 0 Å². The first kappa shape index (κ1) is 15.9. The molecule has 0 aliphatic carbocycles. The Morgan fingerprint density at radius 1 is 1.19 bits per heavy atom. The van der Waals surface area contributed by atoms with Crippen LogP contribution in [0.15, 0.2) is 29.3 Å². The van der Waals surface area contributed by atoms with Crippen molar-refractivity contribution >= 4 is 6.21 Å². The van der Waals surface area contributed by atoms with Crippen LogP contribution in [-0.4, -0.2) is 71.0 Å². The summed E-state index contributed by atoms with van der Waals surface area (Å²) in [5, 5.41) is 38.5. The van der Waals surface area contributed by atoms with E-state index < -0.39 is 37.3 Å². The van der Waals surface area contributed by atoms with Crippen molar-refractivity contribution in [2.75, 3.05) is 13.7 Å². The highest BCUT2D eigenvalue weighted by atomic mass is 16.6. The number of hydrogen-bond acceptors (Lipinski definition) is 7. The van der Waals surface area contributed by atoms with Crippen LogP contribution < -0.4 is 4.74 Å². The standard InChI is InChI=1S/C14H19NO6/c1-20-9-4-2-8(3-5-9)6-15-11-13(18)12(17)10(7-16)21-14(11)19/h2-6,10-14,16-19H,7H2,1H3/t10?,11-,12+,13?,14?/m0/s1. The third kappa shape index (κ3) is 3.58. The van der Waals surface area contributed by atoms with Gasteiger partial charge in [0.25, 0.3) is 0 Å². The molecule has 7 heteroatoms. The lowest BCUT2D eigenvalue weighted by molar-refractivity contribution is -0.248. The highest BCUT2D eigenvalue weighted by Crippen LogP contribution is 2.22. The summed E-state index contributed by atoms with van der Waals surface area (Å²) in [4.78, 5) is 4.06. The zero-order valence-corrected chi connectivity index (χ0v) is 11.5. The van der Waals surface area contributed by atoms with E-state index in [1.165, 1.54) is 6.21 Å². The van der Waals surface area contributed by atoms with E-state index in [0.717, 1.165) is 5.56 Å². The number of nitrogens with zero attached hydrogens (tertiary/aromatic N) is 1. The number of aliphatic hydroxyl groups excluding tert-OH is 4. The van der Waals surface area contributed by atoms with Crippen LogP contribution in [0, 0.1) is 0 Å². The molecule has 4 N–H and O–H groups in total. The normalized spacial score (nSPS) is 33.3. The molecule has 0 aromatic heterocycles. The van der Waals surface area contributed by atoms with E-state index in [2.05, 4.69) is 4.99 Å². The van der Waals surface area contributed by atoms with E-state index >= 15 is 0 Å². The number of ether oxygens (including phenoxy) is 2. The molecular formula is C14H19NO6. The molecule has 0 spiro atoms. The molecule has 1 aromatic rings. The maximum atomic E-state index is 9.93. The Bertz CT molecular complexity index is 477. The Kier molecular flexibility index (Phi) is 5.27. The van der Waals surface area contributed by atoms with Crippen LogP contribution in [0.3, 0.4) is 0 Å². The lowest BCUT2D eigenvalue weighted by atomic mass is 9.97. The number of rotatable bonds is 4. The van der Waals surface area contributed by atoms with Crippen LogP contribution in [0.4, 0.5) is 0 Å². The predicted molar refractivity (Wildman–Crippen MR) is 74.4 cm³/mol. The van der Waals surface area contributed by atoms with Crippen LogP contribution >= 0.6 is 0 Å². The molecule has 1 saturated heterocycles. The second-order valence-corrected chi connectivity index (χ2v) is 4.77. The van der Waals surface area contributed by atoms with Gasteiger partial charge in [0.15, 0.2) is 6.29 Å². The van der Waals surface area contributed by atoms with E-state index in [9.17, 15) is 15.3 Å². The molecule has 0 radical (unpaired) electrons. The molecule has 1 fully saturated rings. The fourth-order valence-corrected chi connectivity index (χ4v) is 2.11. The lowest BCUT2D eigenvalue weighted by Gasteiger charge is -2.38. The number of benzene rings is 1. The van der Waals surface area contributed by atoms with Crippen molar-refractivity contribution in [3.05, 3.63) is 29.8 Å². The minimum Gasteiger partial charge on any atom is -0.497 e. The Morgan fingerprint density at radius 3 is 2.43 bits per heavy atom. The number of aliphatic hydroxyl groups is 4. The molecule has 0 saturated carbocycles. The SMILES string of the molecule is COc1ccc(C=N[C@@H]2C(O)OC(CO)[C@@H](O)C2O)cc1. The molecule has 3 unspecified atom stereocenters. The summed E-state index contributed by atoms with van der Waals surface area (Å²) in [5.41, 5.74) is 0.744. The second-order valence-electron chi connectivity index (χ2n) is 4.77. The van der Waals surface area contributed by atoms with Crippen molar-refractivity contribution in [2.24, 2.45) is 4.99 Å². The Balaban J connectivity index is 2.08. The van der Waals surface area contributed by atoms with Gasteiger partial charge in [0.2, 0.25) is 0 Å². The van der Waals surface area contributed by atoms with Crippen molar-refractivity contribution < 1.29 is 29.9 Å². The molecular weight excluding hydrogens is 278 g/mol. The van der Waals surface area contributed by atoms with Crippen LogP contribution in [0.1, 0.15) is 5.56 Å². The summed E-state index contributed by atoms with van der Waals surface area (Å²) in [6.45, 7) is -0.496. The highest BCUT2D eigenvalue weighted by molar-refractivity contribution is 5.79. The van der Waals surface area contributed by atoms with Gasteiger partial charge in [-0.1, -0.05) is 0 Å². The van der Waals surface area contributed by atoms with Gasteiger partial charge < -0.3 is 29.9 Å². The average Bonchev–Trinajstić information content (AvgIpc) is 2.51. The van der Waals surface area contributed by atoms with Crippen LogP contribution in [0.5, 0.6) is 5.75 Å². The van der Waals surface area contributed by atoms with E-state index in [1.54, 1.807) is 31.4 Å². The van der Waals surface area contributed by atoms with E-state index in [0.29, 0.717) is 5.75 Å². The number of aliphatic imine (C=N–C) groups is 1. The molecule has 21 heavy (non-hydrogen) atoms. The minimum absolute atomic E-state index is 0.496. The van der Waals surface area contributed by atoms with Crippen LogP contribution in [-0.2, 0) is 4.74 Å². The second kappa shape index (κ2) is 6.97. The molecule has 0 amide bonds. The first-order valence-electron chi connectivity index (χ1n) is 6.54. The fraction of sp³-hybridized carbons (Fsp3) is 0.500. The summed E-state index contributed by atoms with van der Waals surface area (Å²) in [6.07, 6.45) is -3.58. The van der Waals surface area contributed by atoms with Gasteiger partial charge in [-0.25, -0.2) is 0 Å². The van der Waals surface area contributed by atoms with Crippen molar-refractivity contribution in [2.45, 2.75) is 30.6 Å². The monoisotopic (exact) mass is 297 g/mol. The van der Waals surface area contributed by atoms with Crippen molar-refractivity contribution in [1.29, 1.82) is 0 Å². The highest BCUT2D eigenvalue weighted by Gasteiger charge is 2.43. The smallest absolute Gasteiger partial charge is 0.180 e. The Morgan fingerprint density at radius 2 is 1.86 bits per heavy atom. The molecule has 5 atom stereocenters. The van der Waals surface area contributed by atoms with Gasteiger partial charge in [-0.3, -0.25) is 4.99 Å². The molecule has 1 aliphatic heterocycles. The lowest BCUT2D eigenvalue weighted by Crippen LogP contribution is -2.57. The zero-order valence-electron chi connectivity index (χ0n) is 11.5. The Labute approximate surface area is 122 Å². The quantitative estimate of drug-likeness (QED) is 0.526. The van der Waals surface area contributed by atoms with Gasteiger partial charge in [0, 0.05) is 6.21 Å². The summed E-state index contributed by atoms with van der Waals surface area (Å²) in [6, 6.07) is 6.00. The third-order valence-corrected chi connectivity index (χ3v) is 3.38. The summed E-state index contributed by atoms with van der Waals surface area (Å²) >= 11 is 0. The third-order valence-electron chi connectivity index (χ3n) is 3.38. The molecule has 1 aliphatic rings. The topological polar surface area (TPSA) is 112 Å². The number of methoxy groups -OCH3 is 1. The average molecular weight is 297 g/mol. The molecule has 7 nitrogen and oxygen atoms in total. The van der Waals surface area contributed by atoms with Crippen molar-refractivity contribution in [3.8, 4) is 5.75 Å². The maximum absolute atomic E-state index is 9.93. The predicted octanol–water partition coefficient (Wildman–Crippen LogP) is -1.09.